The van der Waals surface area contributed by atoms with E-state index in [1.54, 1.807) is 36.7 Å². The largest absolute Gasteiger partial charge is 0.380 e. The van der Waals surface area contributed by atoms with Crippen LogP contribution >= 0.6 is 15.9 Å². The maximum absolute atomic E-state index is 11.9. The van der Waals surface area contributed by atoms with Crippen molar-refractivity contribution >= 4 is 31.6 Å². The van der Waals surface area contributed by atoms with Crippen molar-refractivity contribution in [3.8, 4) is 0 Å². The van der Waals surface area contributed by atoms with Crippen LogP contribution in [0.15, 0.2) is 52.1 Å². The lowest BCUT2D eigenvalue weighted by molar-refractivity contribution is 0.588. The van der Waals surface area contributed by atoms with Gasteiger partial charge in [-0.2, -0.15) is 0 Å². The summed E-state index contributed by atoms with van der Waals surface area (Å²) in [5, 5.41) is 3.12. The smallest absolute Gasteiger partial charge is 0.242 e. The number of nitrogens with one attached hydrogen (secondary N) is 2. The highest BCUT2D eigenvalue weighted by Crippen LogP contribution is 2.21. The zero-order valence-electron chi connectivity index (χ0n) is 10.8. The van der Waals surface area contributed by atoms with Gasteiger partial charge in [-0.25, -0.2) is 13.1 Å². The molecule has 0 aliphatic heterocycles. The maximum Gasteiger partial charge on any atom is 0.242 e. The zero-order valence-corrected chi connectivity index (χ0v) is 13.2. The Morgan fingerprint density at radius 1 is 1.25 bits per heavy atom. The molecule has 1 aromatic heterocycles. The van der Waals surface area contributed by atoms with Crippen molar-refractivity contribution in [2.75, 3.05) is 12.4 Å². The van der Waals surface area contributed by atoms with Crippen LogP contribution in [0.2, 0.25) is 0 Å². The number of para-hydroxylation sites is 1. The molecule has 1 aromatic carbocycles. The number of hydrogen-bond donors (Lipinski definition) is 2. The van der Waals surface area contributed by atoms with E-state index in [0.717, 1.165) is 10.0 Å². The molecule has 2 N–H and O–H groups in total. The Bertz CT molecular complexity index is 704. The van der Waals surface area contributed by atoms with E-state index >= 15 is 0 Å². The van der Waals surface area contributed by atoms with Gasteiger partial charge >= 0.3 is 0 Å². The monoisotopic (exact) mass is 355 g/mol. The lowest BCUT2D eigenvalue weighted by Crippen LogP contribution is -2.20. The molecule has 0 radical (unpaired) electrons. The van der Waals surface area contributed by atoms with Crippen molar-refractivity contribution in [1.29, 1.82) is 0 Å². The maximum atomic E-state index is 11.9. The van der Waals surface area contributed by atoms with Gasteiger partial charge in [-0.1, -0.05) is 12.1 Å². The number of benzene rings is 1. The van der Waals surface area contributed by atoms with Gasteiger partial charge in [0, 0.05) is 23.4 Å². The Labute approximate surface area is 126 Å². The van der Waals surface area contributed by atoms with Crippen molar-refractivity contribution in [3.63, 3.8) is 0 Å². The van der Waals surface area contributed by atoms with Gasteiger partial charge in [0.2, 0.25) is 10.0 Å². The summed E-state index contributed by atoms with van der Waals surface area (Å²) in [6.45, 7) is 0.489. The number of anilines is 1. The third kappa shape index (κ3) is 3.56. The Balaban J connectivity index is 2.22. The zero-order chi connectivity index (χ0) is 14.6. The molecule has 0 fully saturated rings. The van der Waals surface area contributed by atoms with Crippen LogP contribution in [0.4, 0.5) is 5.69 Å². The van der Waals surface area contributed by atoms with Gasteiger partial charge in [0.15, 0.2) is 0 Å². The molecule has 1 heterocycles. The molecule has 5 nitrogen and oxygen atoms in total. The first-order valence-corrected chi connectivity index (χ1v) is 8.16. The molecule has 0 aliphatic rings. The Kier molecular flexibility index (Phi) is 4.74. The van der Waals surface area contributed by atoms with Gasteiger partial charge in [0.25, 0.3) is 0 Å². The number of sulfonamides is 1. The van der Waals surface area contributed by atoms with Crippen LogP contribution in [0.1, 0.15) is 5.56 Å². The average molecular weight is 356 g/mol. The second-order valence-electron chi connectivity index (χ2n) is 4.07. The lowest BCUT2D eigenvalue weighted by atomic mass is 10.2. The molecule has 0 saturated carbocycles. The van der Waals surface area contributed by atoms with E-state index in [1.807, 2.05) is 6.07 Å². The van der Waals surface area contributed by atoms with Crippen molar-refractivity contribution in [2.24, 2.45) is 0 Å². The summed E-state index contributed by atoms with van der Waals surface area (Å²) >= 11 is 3.35. The molecule has 0 atom stereocenters. The van der Waals surface area contributed by atoms with Crippen molar-refractivity contribution < 1.29 is 8.42 Å². The fraction of sp³-hybridized carbons (Fsp3) is 0.154. The fourth-order valence-electron chi connectivity index (χ4n) is 1.71. The minimum atomic E-state index is -3.48. The van der Waals surface area contributed by atoms with Gasteiger partial charge in [-0.3, -0.25) is 4.98 Å². The number of halogens is 1. The summed E-state index contributed by atoms with van der Waals surface area (Å²) in [5.41, 5.74) is 1.51. The van der Waals surface area contributed by atoms with E-state index in [0.29, 0.717) is 12.2 Å². The number of aromatic nitrogens is 1. The first kappa shape index (κ1) is 15.0. The molecule has 7 heteroatoms. The number of nitrogens with zero attached hydrogens (tertiary/aromatic N) is 1. The third-order valence-electron chi connectivity index (χ3n) is 2.69. The van der Waals surface area contributed by atoms with Crippen molar-refractivity contribution in [2.45, 2.75) is 11.4 Å². The minimum absolute atomic E-state index is 0.227. The summed E-state index contributed by atoms with van der Waals surface area (Å²) < 4.78 is 27.0. The molecule has 0 amide bonds. The highest BCUT2D eigenvalue weighted by atomic mass is 79.9. The Hall–Kier alpha value is -1.44. The molecule has 106 valence electrons. The van der Waals surface area contributed by atoms with Crippen molar-refractivity contribution in [1.82, 2.24) is 9.71 Å². The quantitative estimate of drug-likeness (QED) is 0.863. The SMILES string of the molecule is CNS(=O)(=O)c1ccccc1NCc1cncc(Br)c1. The first-order chi connectivity index (χ1) is 9.53. The lowest BCUT2D eigenvalue weighted by Gasteiger charge is -2.12. The molecular weight excluding hydrogens is 342 g/mol. The third-order valence-corrected chi connectivity index (χ3v) is 4.60. The van der Waals surface area contributed by atoms with Crippen LogP contribution < -0.4 is 10.0 Å². The topological polar surface area (TPSA) is 71.1 Å². The van der Waals surface area contributed by atoms with Gasteiger partial charge in [-0.15, -0.1) is 0 Å². The first-order valence-electron chi connectivity index (χ1n) is 5.89. The predicted octanol–water partition coefficient (Wildman–Crippen LogP) is 2.36. The molecule has 0 bridgehead atoms. The highest BCUT2D eigenvalue weighted by Gasteiger charge is 2.15. The van der Waals surface area contributed by atoms with Crippen LogP contribution in [-0.2, 0) is 16.6 Å². The highest BCUT2D eigenvalue weighted by molar-refractivity contribution is 9.10. The molecule has 2 rings (SSSR count). The van der Waals surface area contributed by atoms with Gasteiger partial charge in [0.1, 0.15) is 4.90 Å². The second kappa shape index (κ2) is 6.34. The van der Waals surface area contributed by atoms with Crippen LogP contribution in [0.3, 0.4) is 0 Å². The molecular formula is C13H14BrN3O2S. The summed E-state index contributed by atoms with van der Waals surface area (Å²) in [7, 11) is -2.09. The average Bonchev–Trinajstić information content (AvgIpc) is 2.45. The van der Waals surface area contributed by atoms with E-state index in [4.69, 9.17) is 0 Å². The number of pyridine rings is 1. The Morgan fingerprint density at radius 3 is 2.70 bits per heavy atom. The van der Waals surface area contributed by atoms with E-state index < -0.39 is 10.0 Å². The van der Waals surface area contributed by atoms with Gasteiger partial charge in [0.05, 0.1) is 5.69 Å². The molecule has 0 spiro atoms. The summed E-state index contributed by atoms with van der Waals surface area (Å²) in [5.74, 6) is 0. The standard InChI is InChI=1S/C13H14BrN3O2S/c1-15-20(18,19)13-5-3-2-4-12(13)17-8-10-6-11(14)9-16-7-10/h2-7,9,15,17H,8H2,1H3. The predicted molar refractivity (Wildman–Crippen MR) is 82.0 cm³/mol. The van der Waals surface area contributed by atoms with Gasteiger partial charge in [-0.05, 0) is 46.7 Å². The molecule has 0 aliphatic carbocycles. The molecule has 20 heavy (non-hydrogen) atoms. The van der Waals surface area contributed by atoms with Gasteiger partial charge < -0.3 is 5.32 Å². The number of rotatable bonds is 5. The van der Waals surface area contributed by atoms with Crippen LogP contribution in [-0.4, -0.2) is 20.4 Å². The second-order valence-corrected chi connectivity index (χ2v) is 6.84. The normalized spacial score (nSPS) is 11.3. The van der Waals surface area contributed by atoms with E-state index in [2.05, 4.69) is 31.0 Å². The van der Waals surface area contributed by atoms with E-state index in [-0.39, 0.29) is 4.90 Å². The van der Waals surface area contributed by atoms with E-state index in [1.165, 1.54) is 7.05 Å². The van der Waals surface area contributed by atoms with Crippen molar-refractivity contribution in [3.05, 3.63) is 52.8 Å². The summed E-state index contributed by atoms with van der Waals surface area (Å²) in [6, 6.07) is 8.70. The fourth-order valence-corrected chi connectivity index (χ4v) is 3.03. The summed E-state index contributed by atoms with van der Waals surface area (Å²) in [4.78, 5) is 4.29. The Morgan fingerprint density at radius 2 is 2.00 bits per heavy atom. The van der Waals surface area contributed by atoms with E-state index in [9.17, 15) is 8.42 Å². The molecule has 2 aromatic rings. The minimum Gasteiger partial charge on any atom is -0.380 e. The van der Waals surface area contributed by atoms with Crippen LogP contribution in [0, 0.1) is 0 Å². The molecule has 0 unspecified atom stereocenters. The number of hydrogen-bond acceptors (Lipinski definition) is 4. The summed E-state index contributed by atoms with van der Waals surface area (Å²) in [6.07, 6.45) is 3.43. The van der Waals surface area contributed by atoms with Crippen LogP contribution in [0.5, 0.6) is 0 Å². The molecule has 0 saturated heterocycles. The van der Waals surface area contributed by atoms with Crippen LogP contribution in [0.25, 0.3) is 0 Å².